The topological polar surface area (TPSA) is 67.4 Å². The summed E-state index contributed by atoms with van der Waals surface area (Å²) in [7, 11) is 1.57. The second-order valence-corrected chi connectivity index (χ2v) is 4.84. The molecule has 0 unspecified atom stereocenters. The third-order valence-electron chi connectivity index (χ3n) is 2.79. The number of ether oxygens (including phenoxy) is 1. The van der Waals surface area contributed by atoms with Gasteiger partial charge in [0.15, 0.2) is 0 Å². The van der Waals surface area contributed by atoms with Gasteiger partial charge in [-0.2, -0.15) is 0 Å². The molecular formula is C13H26N2O3. The van der Waals surface area contributed by atoms with Crippen LogP contribution in [0.3, 0.4) is 0 Å². The molecule has 0 radical (unpaired) electrons. The number of amides is 2. The predicted molar refractivity (Wildman–Crippen MR) is 71.2 cm³/mol. The molecule has 2 amide bonds. The minimum Gasteiger partial charge on any atom is -0.383 e. The number of carbonyl (C=O) groups excluding carboxylic acids is 2. The van der Waals surface area contributed by atoms with Crippen molar-refractivity contribution in [2.45, 2.75) is 40.0 Å². The summed E-state index contributed by atoms with van der Waals surface area (Å²) in [6.45, 7) is 6.85. The molecule has 0 aromatic heterocycles. The Morgan fingerprint density at radius 2 is 1.61 bits per heavy atom. The van der Waals surface area contributed by atoms with E-state index in [1.54, 1.807) is 21.0 Å². The van der Waals surface area contributed by atoms with E-state index < -0.39 is 5.41 Å². The maximum atomic E-state index is 11.9. The fourth-order valence-corrected chi connectivity index (χ4v) is 1.39. The molecule has 0 aliphatic rings. The fraction of sp³-hybridized carbons (Fsp3) is 0.846. The van der Waals surface area contributed by atoms with E-state index in [1.807, 2.05) is 0 Å². The smallest absolute Gasteiger partial charge is 0.235 e. The van der Waals surface area contributed by atoms with Gasteiger partial charge >= 0.3 is 0 Å². The lowest BCUT2D eigenvalue weighted by Gasteiger charge is -2.22. The van der Waals surface area contributed by atoms with E-state index in [0.717, 1.165) is 19.3 Å². The van der Waals surface area contributed by atoms with Crippen LogP contribution in [0.15, 0.2) is 0 Å². The van der Waals surface area contributed by atoms with Crippen LogP contribution in [0.2, 0.25) is 0 Å². The number of rotatable bonds is 9. The molecule has 18 heavy (non-hydrogen) atoms. The molecule has 0 aliphatic heterocycles. The lowest BCUT2D eigenvalue weighted by atomic mass is 9.91. The molecule has 5 heteroatoms. The van der Waals surface area contributed by atoms with Gasteiger partial charge in [-0.3, -0.25) is 9.59 Å². The molecule has 0 aromatic rings. The Kier molecular flexibility index (Phi) is 8.37. The van der Waals surface area contributed by atoms with Crippen molar-refractivity contribution < 1.29 is 14.3 Å². The van der Waals surface area contributed by atoms with Crippen LogP contribution >= 0.6 is 0 Å². The highest BCUT2D eigenvalue weighted by molar-refractivity contribution is 6.04. The van der Waals surface area contributed by atoms with Crippen molar-refractivity contribution in [2.75, 3.05) is 26.8 Å². The van der Waals surface area contributed by atoms with Crippen molar-refractivity contribution in [3.05, 3.63) is 0 Å². The van der Waals surface area contributed by atoms with Gasteiger partial charge in [-0.05, 0) is 20.3 Å². The summed E-state index contributed by atoms with van der Waals surface area (Å²) in [5, 5.41) is 5.48. The number of carbonyl (C=O) groups is 2. The summed E-state index contributed by atoms with van der Waals surface area (Å²) in [5.74, 6) is -0.499. The first-order valence-electron chi connectivity index (χ1n) is 6.52. The van der Waals surface area contributed by atoms with E-state index in [-0.39, 0.29) is 11.8 Å². The van der Waals surface area contributed by atoms with Gasteiger partial charge in [0.05, 0.1) is 6.61 Å². The van der Waals surface area contributed by atoms with Crippen molar-refractivity contribution in [3.8, 4) is 0 Å². The maximum absolute atomic E-state index is 11.9. The summed E-state index contributed by atoms with van der Waals surface area (Å²) in [5.41, 5.74) is -1.04. The lowest BCUT2D eigenvalue weighted by molar-refractivity contribution is -0.141. The van der Waals surface area contributed by atoms with Gasteiger partial charge < -0.3 is 15.4 Å². The SMILES string of the molecule is CCCCCNC(=O)C(C)(C)C(=O)NCCOC. The van der Waals surface area contributed by atoms with Crippen molar-refractivity contribution in [2.24, 2.45) is 5.41 Å². The Morgan fingerprint density at radius 1 is 1.06 bits per heavy atom. The first-order chi connectivity index (χ1) is 8.46. The van der Waals surface area contributed by atoms with Crippen LogP contribution in [-0.2, 0) is 14.3 Å². The number of unbranched alkanes of at least 4 members (excludes halogenated alkanes) is 2. The van der Waals surface area contributed by atoms with Crippen LogP contribution in [0.5, 0.6) is 0 Å². The molecule has 0 rings (SSSR count). The molecule has 0 aliphatic carbocycles. The van der Waals surface area contributed by atoms with Crippen molar-refractivity contribution in [3.63, 3.8) is 0 Å². The second kappa shape index (κ2) is 8.91. The Balaban J connectivity index is 4.08. The average Bonchev–Trinajstić information content (AvgIpc) is 2.34. The monoisotopic (exact) mass is 258 g/mol. The largest absolute Gasteiger partial charge is 0.383 e. The van der Waals surface area contributed by atoms with Crippen LogP contribution in [0.25, 0.3) is 0 Å². The molecule has 2 N–H and O–H groups in total. The fourth-order valence-electron chi connectivity index (χ4n) is 1.39. The van der Waals surface area contributed by atoms with Crippen LogP contribution in [-0.4, -0.2) is 38.6 Å². The Bertz CT molecular complexity index is 265. The predicted octanol–water partition coefficient (Wildman–Crippen LogP) is 1.08. The molecule has 0 bridgehead atoms. The summed E-state index contributed by atoms with van der Waals surface area (Å²) in [6.07, 6.45) is 3.14. The van der Waals surface area contributed by atoms with Crippen molar-refractivity contribution in [1.82, 2.24) is 10.6 Å². The van der Waals surface area contributed by atoms with Crippen molar-refractivity contribution in [1.29, 1.82) is 0 Å². The third-order valence-corrected chi connectivity index (χ3v) is 2.79. The third kappa shape index (κ3) is 6.00. The molecule has 5 nitrogen and oxygen atoms in total. The zero-order valence-electron chi connectivity index (χ0n) is 12.0. The molecule has 0 aromatic carbocycles. The first-order valence-corrected chi connectivity index (χ1v) is 6.52. The molecule has 0 fully saturated rings. The Labute approximate surface area is 110 Å². The molecule has 106 valence electrons. The highest BCUT2D eigenvalue weighted by atomic mass is 16.5. The van der Waals surface area contributed by atoms with E-state index in [2.05, 4.69) is 17.6 Å². The van der Waals surface area contributed by atoms with Gasteiger partial charge in [0, 0.05) is 20.2 Å². The van der Waals surface area contributed by atoms with Gasteiger partial charge in [-0.1, -0.05) is 19.8 Å². The van der Waals surface area contributed by atoms with Crippen LogP contribution in [0.1, 0.15) is 40.0 Å². The molecular weight excluding hydrogens is 232 g/mol. The second-order valence-electron chi connectivity index (χ2n) is 4.84. The maximum Gasteiger partial charge on any atom is 0.235 e. The highest BCUT2D eigenvalue weighted by Crippen LogP contribution is 2.15. The van der Waals surface area contributed by atoms with Crippen LogP contribution < -0.4 is 10.6 Å². The Morgan fingerprint density at radius 3 is 2.11 bits per heavy atom. The van der Waals surface area contributed by atoms with Gasteiger partial charge in [-0.25, -0.2) is 0 Å². The van der Waals surface area contributed by atoms with Crippen LogP contribution in [0.4, 0.5) is 0 Å². The number of hydrogen-bond donors (Lipinski definition) is 2. The molecule has 0 spiro atoms. The molecule has 0 saturated heterocycles. The van der Waals surface area contributed by atoms with Gasteiger partial charge in [0.2, 0.25) is 11.8 Å². The highest BCUT2D eigenvalue weighted by Gasteiger charge is 2.35. The van der Waals surface area contributed by atoms with E-state index in [9.17, 15) is 9.59 Å². The normalized spacial score (nSPS) is 11.1. The average molecular weight is 258 g/mol. The van der Waals surface area contributed by atoms with Crippen molar-refractivity contribution >= 4 is 11.8 Å². The quantitative estimate of drug-likeness (QED) is 0.480. The van der Waals surface area contributed by atoms with E-state index in [0.29, 0.717) is 19.7 Å². The van der Waals surface area contributed by atoms with Gasteiger partial charge in [0.1, 0.15) is 5.41 Å². The minimum absolute atomic E-state index is 0.228. The summed E-state index contributed by atoms with van der Waals surface area (Å²) in [4.78, 5) is 23.7. The summed E-state index contributed by atoms with van der Waals surface area (Å²) >= 11 is 0. The van der Waals surface area contributed by atoms with E-state index in [4.69, 9.17) is 4.74 Å². The van der Waals surface area contributed by atoms with Gasteiger partial charge in [0.25, 0.3) is 0 Å². The molecule has 0 saturated carbocycles. The zero-order valence-corrected chi connectivity index (χ0v) is 12.0. The van der Waals surface area contributed by atoms with E-state index >= 15 is 0 Å². The Hall–Kier alpha value is -1.10. The first kappa shape index (κ1) is 16.9. The minimum atomic E-state index is -1.04. The molecule has 0 heterocycles. The van der Waals surface area contributed by atoms with E-state index in [1.165, 1.54) is 0 Å². The zero-order chi connectivity index (χ0) is 14.0. The molecule has 0 atom stereocenters. The van der Waals surface area contributed by atoms with Crippen LogP contribution in [0, 0.1) is 5.41 Å². The lowest BCUT2D eigenvalue weighted by Crippen LogP contribution is -2.48. The number of hydrogen-bond acceptors (Lipinski definition) is 3. The summed E-state index contributed by atoms with van der Waals surface area (Å²) in [6, 6.07) is 0. The number of methoxy groups -OCH3 is 1. The van der Waals surface area contributed by atoms with Gasteiger partial charge in [-0.15, -0.1) is 0 Å². The standard InChI is InChI=1S/C13H26N2O3/c1-5-6-7-8-14-11(16)13(2,3)12(17)15-9-10-18-4/h5-10H2,1-4H3,(H,14,16)(H,15,17). The summed E-state index contributed by atoms with van der Waals surface area (Å²) < 4.78 is 4.84. The number of nitrogens with one attached hydrogen (secondary N) is 2.